The standard InChI is InChI=1S/C25H20F6N2O6/c1-37-18-9-16-17(10-19(18)38-2)23(35)33(36)21(20(16)22(34)32-11-15-4-3-5-39-15)12-6-13(24(26,27)28)8-14(7-12)25(29,30)31/h3-10,20-21,36H,11H2,1-2H3,(H,32,34). The van der Waals surface area contributed by atoms with Crippen molar-refractivity contribution < 1.29 is 55.0 Å². The molecule has 0 fully saturated rings. The molecule has 208 valence electrons. The van der Waals surface area contributed by atoms with Crippen molar-refractivity contribution in [1.29, 1.82) is 0 Å². The number of hydroxylamine groups is 2. The summed E-state index contributed by atoms with van der Waals surface area (Å²) in [6, 6.07) is 4.05. The van der Waals surface area contributed by atoms with E-state index in [1.54, 1.807) is 0 Å². The number of nitrogens with zero attached hydrogens (tertiary/aromatic N) is 1. The lowest BCUT2D eigenvalue weighted by Crippen LogP contribution is -2.46. The highest BCUT2D eigenvalue weighted by molar-refractivity contribution is 6.01. The van der Waals surface area contributed by atoms with Crippen molar-refractivity contribution in [2.45, 2.75) is 30.9 Å². The van der Waals surface area contributed by atoms with Crippen molar-refractivity contribution in [3.05, 3.63) is 82.3 Å². The minimum atomic E-state index is -5.21. The third kappa shape index (κ3) is 5.37. The first-order chi connectivity index (χ1) is 18.3. The maximum absolute atomic E-state index is 13.6. The minimum absolute atomic E-state index is 0.0260. The van der Waals surface area contributed by atoms with Crippen LogP contribution in [-0.2, 0) is 23.7 Å². The molecule has 4 rings (SSSR count). The topological polar surface area (TPSA) is 101 Å². The number of ether oxygens (including phenoxy) is 2. The Labute approximate surface area is 216 Å². The molecule has 0 radical (unpaired) electrons. The fourth-order valence-electron chi connectivity index (χ4n) is 4.36. The van der Waals surface area contributed by atoms with E-state index in [1.165, 1.54) is 38.7 Å². The molecule has 1 aliphatic rings. The summed E-state index contributed by atoms with van der Waals surface area (Å²) in [5.41, 5.74) is -4.52. The van der Waals surface area contributed by atoms with Crippen LogP contribution in [0.4, 0.5) is 26.3 Å². The van der Waals surface area contributed by atoms with Crippen LogP contribution in [0.2, 0.25) is 0 Å². The first-order valence-corrected chi connectivity index (χ1v) is 11.1. The highest BCUT2D eigenvalue weighted by atomic mass is 19.4. The van der Waals surface area contributed by atoms with Gasteiger partial charge in [0.15, 0.2) is 11.5 Å². The van der Waals surface area contributed by atoms with Crippen molar-refractivity contribution in [2.24, 2.45) is 0 Å². The van der Waals surface area contributed by atoms with Gasteiger partial charge in [-0.2, -0.15) is 26.3 Å². The average molecular weight is 558 g/mol. The number of carbonyl (C=O) groups is 2. The molecule has 1 aliphatic heterocycles. The Bertz CT molecular complexity index is 1350. The molecule has 2 N–H and O–H groups in total. The number of hydrogen-bond donors (Lipinski definition) is 2. The van der Waals surface area contributed by atoms with Gasteiger partial charge in [0.25, 0.3) is 5.91 Å². The summed E-state index contributed by atoms with van der Waals surface area (Å²) in [7, 11) is 2.51. The first-order valence-electron chi connectivity index (χ1n) is 11.1. The van der Waals surface area contributed by atoms with E-state index in [4.69, 9.17) is 13.9 Å². The van der Waals surface area contributed by atoms with Crippen LogP contribution < -0.4 is 14.8 Å². The van der Waals surface area contributed by atoms with E-state index in [0.717, 1.165) is 6.07 Å². The van der Waals surface area contributed by atoms with Crippen molar-refractivity contribution in [3.63, 3.8) is 0 Å². The second-order valence-corrected chi connectivity index (χ2v) is 8.50. The van der Waals surface area contributed by atoms with Gasteiger partial charge in [0.2, 0.25) is 5.91 Å². The Morgan fingerprint density at radius 2 is 1.59 bits per heavy atom. The third-order valence-corrected chi connectivity index (χ3v) is 6.16. The fourth-order valence-corrected chi connectivity index (χ4v) is 4.36. The zero-order valence-corrected chi connectivity index (χ0v) is 20.2. The molecule has 2 atom stereocenters. The lowest BCUT2D eigenvalue weighted by Gasteiger charge is -2.38. The van der Waals surface area contributed by atoms with E-state index in [0.29, 0.717) is 17.9 Å². The number of benzene rings is 2. The van der Waals surface area contributed by atoms with Crippen LogP contribution in [0, 0.1) is 0 Å². The molecule has 0 bridgehead atoms. The molecular formula is C25H20F6N2O6. The SMILES string of the molecule is COc1cc2c(cc1OC)C(C(=O)NCc1ccco1)C(c1cc(C(F)(F)F)cc(C(F)(F)F)c1)N(O)C2=O. The number of halogens is 6. The maximum Gasteiger partial charge on any atom is 0.416 e. The van der Waals surface area contributed by atoms with Crippen molar-refractivity contribution in [2.75, 3.05) is 14.2 Å². The third-order valence-electron chi connectivity index (χ3n) is 6.16. The van der Waals surface area contributed by atoms with Crippen molar-refractivity contribution in [3.8, 4) is 11.5 Å². The zero-order valence-electron chi connectivity index (χ0n) is 20.2. The number of amides is 2. The van der Waals surface area contributed by atoms with E-state index in [2.05, 4.69) is 5.32 Å². The Morgan fingerprint density at radius 3 is 2.10 bits per heavy atom. The van der Waals surface area contributed by atoms with Gasteiger partial charge in [0.05, 0.1) is 44.1 Å². The largest absolute Gasteiger partial charge is 0.493 e. The highest BCUT2D eigenvalue weighted by Crippen LogP contribution is 2.47. The molecule has 39 heavy (non-hydrogen) atoms. The van der Waals surface area contributed by atoms with E-state index >= 15 is 0 Å². The molecule has 8 nitrogen and oxygen atoms in total. The molecule has 2 aromatic carbocycles. The smallest absolute Gasteiger partial charge is 0.416 e. The second-order valence-electron chi connectivity index (χ2n) is 8.50. The molecule has 0 saturated carbocycles. The number of methoxy groups -OCH3 is 2. The fraction of sp³-hybridized carbons (Fsp3) is 0.280. The van der Waals surface area contributed by atoms with E-state index in [9.17, 15) is 41.1 Å². The van der Waals surface area contributed by atoms with Gasteiger partial charge in [-0.05, 0) is 53.6 Å². The summed E-state index contributed by atoms with van der Waals surface area (Å²) >= 11 is 0. The van der Waals surface area contributed by atoms with E-state index < -0.39 is 52.8 Å². The van der Waals surface area contributed by atoms with Crippen molar-refractivity contribution >= 4 is 11.8 Å². The molecule has 3 aromatic rings. The number of alkyl halides is 6. The number of nitrogens with one attached hydrogen (secondary N) is 1. The summed E-state index contributed by atoms with van der Waals surface area (Å²) in [6.07, 6.45) is -9.09. The van der Waals surface area contributed by atoms with Gasteiger partial charge in [0.1, 0.15) is 11.8 Å². The number of rotatable bonds is 6. The number of fused-ring (bicyclic) bond motifs is 1. The maximum atomic E-state index is 13.6. The molecule has 2 unspecified atom stereocenters. The van der Waals surface area contributed by atoms with Crippen LogP contribution in [0.25, 0.3) is 0 Å². The van der Waals surface area contributed by atoms with Crippen molar-refractivity contribution in [1.82, 2.24) is 10.4 Å². The lowest BCUT2D eigenvalue weighted by molar-refractivity contribution is -0.143. The Kier molecular flexibility index (Phi) is 7.25. The van der Waals surface area contributed by atoms with Crippen LogP contribution >= 0.6 is 0 Å². The average Bonchev–Trinajstić information content (AvgIpc) is 3.41. The molecule has 0 spiro atoms. The van der Waals surface area contributed by atoms with Gasteiger partial charge in [-0.25, -0.2) is 5.06 Å². The Morgan fingerprint density at radius 1 is 1.00 bits per heavy atom. The molecule has 1 aromatic heterocycles. The quantitative estimate of drug-likeness (QED) is 0.314. The minimum Gasteiger partial charge on any atom is -0.493 e. The highest BCUT2D eigenvalue weighted by Gasteiger charge is 2.47. The number of carbonyl (C=O) groups excluding carboxylic acids is 2. The van der Waals surface area contributed by atoms with Crippen LogP contribution in [0.3, 0.4) is 0 Å². The summed E-state index contributed by atoms with van der Waals surface area (Å²) < 4.78 is 97.1. The number of hydrogen-bond acceptors (Lipinski definition) is 6. The van der Waals surface area contributed by atoms with Crippen LogP contribution in [0.1, 0.15) is 50.3 Å². The van der Waals surface area contributed by atoms with E-state index in [-0.39, 0.29) is 40.3 Å². The molecule has 0 saturated heterocycles. The normalized spacial score (nSPS) is 17.6. The van der Waals surface area contributed by atoms with Gasteiger partial charge in [0, 0.05) is 5.56 Å². The summed E-state index contributed by atoms with van der Waals surface area (Å²) in [6.45, 7) is -0.201. The molecular weight excluding hydrogens is 538 g/mol. The molecule has 14 heteroatoms. The van der Waals surface area contributed by atoms with Crippen LogP contribution in [-0.4, -0.2) is 36.3 Å². The second kappa shape index (κ2) is 10.2. The number of furan rings is 1. The van der Waals surface area contributed by atoms with Gasteiger partial charge >= 0.3 is 12.4 Å². The van der Waals surface area contributed by atoms with Crippen LogP contribution in [0.5, 0.6) is 11.5 Å². The Hall–Kier alpha value is -4.20. The van der Waals surface area contributed by atoms with Gasteiger partial charge in [-0.1, -0.05) is 0 Å². The summed E-state index contributed by atoms with van der Waals surface area (Å²) in [5.74, 6) is -3.44. The van der Waals surface area contributed by atoms with E-state index in [1.807, 2.05) is 0 Å². The predicted octanol–water partition coefficient (Wildman–Crippen LogP) is 5.32. The first kappa shape index (κ1) is 27.8. The van der Waals surface area contributed by atoms with Gasteiger partial charge < -0.3 is 19.2 Å². The molecule has 2 amide bonds. The van der Waals surface area contributed by atoms with Crippen LogP contribution in [0.15, 0.2) is 53.1 Å². The molecule has 0 aliphatic carbocycles. The summed E-state index contributed by atoms with van der Waals surface area (Å²) in [5, 5.41) is 13.3. The summed E-state index contributed by atoms with van der Waals surface area (Å²) in [4.78, 5) is 26.6. The zero-order chi connectivity index (χ0) is 28.7. The van der Waals surface area contributed by atoms with Gasteiger partial charge in [-0.3, -0.25) is 14.8 Å². The lowest BCUT2D eigenvalue weighted by atomic mass is 9.79. The Balaban J connectivity index is 1.94. The monoisotopic (exact) mass is 558 g/mol. The predicted molar refractivity (Wildman–Crippen MR) is 120 cm³/mol. The molecule has 2 heterocycles. The van der Waals surface area contributed by atoms with Gasteiger partial charge in [-0.15, -0.1) is 0 Å².